The van der Waals surface area contributed by atoms with Gasteiger partial charge in [0.25, 0.3) is 0 Å². The topological polar surface area (TPSA) is 99.4 Å². The predicted molar refractivity (Wildman–Crippen MR) is 101 cm³/mol. The lowest BCUT2D eigenvalue weighted by molar-refractivity contribution is -0.151. The van der Waals surface area contributed by atoms with Crippen LogP contribution in [0.5, 0.6) is 0 Å². The number of nitrogens with zero attached hydrogens (tertiary/aromatic N) is 1. The number of carboxylic acid groups (broad SMARTS) is 1. The van der Waals surface area contributed by atoms with E-state index in [0.29, 0.717) is 24.1 Å². The van der Waals surface area contributed by atoms with Gasteiger partial charge in [0.2, 0.25) is 0 Å². The Balaban J connectivity index is 2.51. The van der Waals surface area contributed by atoms with Crippen molar-refractivity contribution in [3.8, 4) is 6.07 Å². The Morgan fingerprint density at radius 3 is 2.68 bits per heavy atom. The second-order valence-corrected chi connectivity index (χ2v) is 7.42. The summed E-state index contributed by atoms with van der Waals surface area (Å²) < 4.78 is 18.5. The maximum atomic E-state index is 13.5. The molecular weight excluding hydrogens is 387 g/mol. The Labute approximate surface area is 167 Å². The lowest BCUT2D eigenvalue weighted by atomic mass is 9.62. The number of carbonyl (C=O) groups excluding carboxylic acids is 1. The fourth-order valence-electron chi connectivity index (χ4n) is 3.72. The number of carboxylic acids is 1. The Morgan fingerprint density at radius 1 is 1.46 bits per heavy atom. The van der Waals surface area contributed by atoms with Crippen molar-refractivity contribution >= 4 is 23.5 Å². The Morgan fingerprint density at radius 2 is 2.14 bits per heavy atom. The molecule has 2 rings (SSSR count). The molecule has 1 heterocycles. The molecule has 1 aromatic rings. The van der Waals surface area contributed by atoms with Gasteiger partial charge in [0.05, 0.1) is 23.7 Å². The van der Waals surface area contributed by atoms with Crippen molar-refractivity contribution in [2.75, 3.05) is 6.61 Å². The molecule has 3 unspecified atom stereocenters. The second kappa shape index (κ2) is 8.61. The highest BCUT2D eigenvalue weighted by Gasteiger charge is 2.53. The van der Waals surface area contributed by atoms with Gasteiger partial charge in [0.1, 0.15) is 5.82 Å². The third kappa shape index (κ3) is 4.12. The number of aliphatic carboxylic acids is 1. The number of rotatable bonds is 6. The minimum atomic E-state index is -1.43. The third-order valence-electron chi connectivity index (χ3n) is 5.20. The monoisotopic (exact) mass is 408 g/mol. The van der Waals surface area contributed by atoms with Gasteiger partial charge < -0.3 is 15.2 Å². The number of hydrogen-bond donors (Lipinski definition) is 2. The van der Waals surface area contributed by atoms with Gasteiger partial charge >= 0.3 is 11.9 Å². The van der Waals surface area contributed by atoms with E-state index in [1.807, 2.05) is 0 Å². The Bertz CT molecular complexity index is 864. The van der Waals surface area contributed by atoms with Gasteiger partial charge in [0, 0.05) is 29.6 Å². The fourth-order valence-corrected chi connectivity index (χ4v) is 3.99. The van der Waals surface area contributed by atoms with E-state index in [1.165, 1.54) is 19.1 Å². The van der Waals surface area contributed by atoms with Crippen LogP contribution in [0, 0.1) is 22.6 Å². The van der Waals surface area contributed by atoms with Crippen LogP contribution in [-0.4, -0.2) is 29.7 Å². The van der Waals surface area contributed by atoms with E-state index in [9.17, 15) is 24.3 Å². The van der Waals surface area contributed by atoms with Crippen LogP contribution in [-0.2, 0) is 14.3 Å². The molecule has 8 heteroatoms. The van der Waals surface area contributed by atoms with Gasteiger partial charge in [-0.25, -0.2) is 4.39 Å². The minimum Gasteiger partial charge on any atom is -0.481 e. The molecule has 1 aliphatic heterocycles. The van der Waals surface area contributed by atoms with Crippen LogP contribution in [0.25, 0.3) is 0 Å². The van der Waals surface area contributed by atoms with Gasteiger partial charge in [0.15, 0.2) is 0 Å². The van der Waals surface area contributed by atoms with Crippen LogP contribution in [0.3, 0.4) is 0 Å². The number of nitriles is 1. The highest BCUT2D eigenvalue weighted by molar-refractivity contribution is 6.31. The summed E-state index contributed by atoms with van der Waals surface area (Å²) in [4.78, 5) is 23.3. The first kappa shape index (κ1) is 21.7. The van der Waals surface area contributed by atoms with Crippen molar-refractivity contribution in [1.82, 2.24) is 5.32 Å². The van der Waals surface area contributed by atoms with Crippen molar-refractivity contribution in [2.24, 2.45) is 5.41 Å². The SMILES string of the molecule is CC(=O)OCCCC1NC(C)=C(C#N)C(c2ccc(F)cc2Cl)C1(C)C(=O)O. The fraction of sp³-hybridized carbons (Fsp3) is 0.450. The summed E-state index contributed by atoms with van der Waals surface area (Å²) >= 11 is 6.23. The molecule has 2 N–H and O–H groups in total. The van der Waals surface area contributed by atoms with E-state index < -0.39 is 35.1 Å². The summed E-state index contributed by atoms with van der Waals surface area (Å²) in [6, 6.07) is 5.28. The number of nitrogens with one attached hydrogen (secondary N) is 1. The van der Waals surface area contributed by atoms with Crippen molar-refractivity contribution in [3.63, 3.8) is 0 Å². The quantitative estimate of drug-likeness (QED) is 0.549. The number of hydrogen-bond acceptors (Lipinski definition) is 5. The molecule has 0 fully saturated rings. The number of carbonyl (C=O) groups is 2. The van der Waals surface area contributed by atoms with Gasteiger partial charge in [-0.05, 0) is 44.4 Å². The number of allylic oxidation sites excluding steroid dienone is 2. The molecule has 0 bridgehead atoms. The second-order valence-electron chi connectivity index (χ2n) is 7.02. The van der Waals surface area contributed by atoms with Crippen LogP contribution >= 0.6 is 11.6 Å². The molecule has 3 atom stereocenters. The third-order valence-corrected chi connectivity index (χ3v) is 5.53. The van der Waals surface area contributed by atoms with Crippen molar-refractivity contribution in [3.05, 3.63) is 45.9 Å². The largest absolute Gasteiger partial charge is 0.481 e. The molecule has 1 aliphatic rings. The lowest BCUT2D eigenvalue weighted by Crippen LogP contribution is -2.55. The number of esters is 1. The lowest BCUT2D eigenvalue weighted by Gasteiger charge is -2.45. The summed E-state index contributed by atoms with van der Waals surface area (Å²) in [5, 5.41) is 23.0. The van der Waals surface area contributed by atoms with Gasteiger partial charge in [-0.15, -0.1) is 0 Å². The zero-order valence-electron chi connectivity index (χ0n) is 15.9. The van der Waals surface area contributed by atoms with E-state index in [-0.39, 0.29) is 17.2 Å². The average molecular weight is 409 g/mol. The van der Waals surface area contributed by atoms with Crippen LogP contribution in [0.15, 0.2) is 29.5 Å². The molecule has 0 saturated heterocycles. The summed E-state index contributed by atoms with van der Waals surface area (Å²) in [6.45, 7) is 4.72. The molecule has 0 aromatic heterocycles. The normalized spacial score (nSPS) is 24.3. The molecule has 1 aromatic carbocycles. The number of halogens is 2. The smallest absolute Gasteiger partial charge is 0.312 e. The number of benzene rings is 1. The maximum absolute atomic E-state index is 13.5. The molecule has 0 saturated carbocycles. The van der Waals surface area contributed by atoms with E-state index in [0.717, 1.165) is 6.07 Å². The van der Waals surface area contributed by atoms with Crippen LogP contribution in [0.4, 0.5) is 4.39 Å². The van der Waals surface area contributed by atoms with E-state index >= 15 is 0 Å². The highest BCUT2D eigenvalue weighted by atomic mass is 35.5. The van der Waals surface area contributed by atoms with Crippen molar-refractivity contribution in [2.45, 2.75) is 45.6 Å². The van der Waals surface area contributed by atoms with Crippen LogP contribution < -0.4 is 5.32 Å². The molecule has 0 aliphatic carbocycles. The first-order valence-corrected chi connectivity index (χ1v) is 9.19. The Kier molecular flexibility index (Phi) is 6.68. The zero-order valence-corrected chi connectivity index (χ0v) is 16.6. The van der Waals surface area contributed by atoms with E-state index in [2.05, 4.69) is 11.4 Å². The molecule has 150 valence electrons. The minimum absolute atomic E-state index is 0.0681. The van der Waals surface area contributed by atoms with Crippen LogP contribution in [0.2, 0.25) is 5.02 Å². The first-order valence-electron chi connectivity index (χ1n) is 8.82. The van der Waals surface area contributed by atoms with E-state index in [4.69, 9.17) is 16.3 Å². The highest BCUT2D eigenvalue weighted by Crippen LogP contribution is 2.50. The maximum Gasteiger partial charge on any atom is 0.312 e. The predicted octanol–water partition coefficient (Wildman–Crippen LogP) is 3.77. The zero-order chi connectivity index (χ0) is 21.1. The average Bonchev–Trinajstić information content (AvgIpc) is 2.61. The van der Waals surface area contributed by atoms with Gasteiger partial charge in [-0.1, -0.05) is 17.7 Å². The summed E-state index contributed by atoms with van der Waals surface area (Å²) in [5.41, 5.74) is -0.253. The summed E-state index contributed by atoms with van der Waals surface area (Å²) in [7, 11) is 0. The molecule has 0 amide bonds. The molecule has 0 radical (unpaired) electrons. The Hall–Kier alpha value is -2.59. The standard InChI is InChI=1S/C20H22ClFN2O4/c1-11-15(10-23)18(14-7-6-13(22)9-16(14)21)20(3,19(26)27)17(24-11)5-4-8-28-12(2)25/h6-7,9,17-18,24H,4-5,8H2,1-3H3,(H,26,27). The van der Waals surface area contributed by atoms with Gasteiger partial charge in [-0.2, -0.15) is 5.26 Å². The van der Waals surface area contributed by atoms with Crippen molar-refractivity contribution < 1.29 is 23.8 Å². The van der Waals surface area contributed by atoms with E-state index in [1.54, 1.807) is 13.8 Å². The molecule has 6 nitrogen and oxygen atoms in total. The summed E-state index contributed by atoms with van der Waals surface area (Å²) in [5.74, 6) is -2.92. The molecule has 28 heavy (non-hydrogen) atoms. The first-order chi connectivity index (χ1) is 13.1. The van der Waals surface area contributed by atoms with Crippen molar-refractivity contribution in [1.29, 1.82) is 5.26 Å². The molecule has 0 spiro atoms. The van der Waals surface area contributed by atoms with Crippen LogP contribution in [0.1, 0.15) is 45.1 Å². The molecular formula is C20H22ClFN2O4. The van der Waals surface area contributed by atoms with Gasteiger partial charge in [-0.3, -0.25) is 9.59 Å². The summed E-state index contributed by atoms with van der Waals surface area (Å²) in [6.07, 6.45) is 0.834. The number of ether oxygens (including phenoxy) is 1.